The molecule has 0 spiro atoms. The van der Waals surface area contributed by atoms with Gasteiger partial charge in [-0.05, 0) is 18.6 Å². The standard InChI is InChI=1S/C13H18O3/c1-9(16-4)13(2,3)11-8-6-5-7-10(11)12(14)15/h5-9H,1-4H3,(H,14,15). The highest BCUT2D eigenvalue weighted by Crippen LogP contribution is 2.31. The van der Waals surface area contributed by atoms with Crippen molar-refractivity contribution in [2.24, 2.45) is 0 Å². The van der Waals surface area contributed by atoms with Gasteiger partial charge >= 0.3 is 5.97 Å². The highest BCUT2D eigenvalue weighted by molar-refractivity contribution is 5.89. The van der Waals surface area contributed by atoms with Gasteiger partial charge in [0.2, 0.25) is 0 Å². The minimum absolute atomic E-state index is 0.0481. The Kier molecular flexibility index (Phi) is 3.70. The molecule has 0 aliphatic carbocycles. The summed E-state index contributed by atoms with van der Waals surface area (Å²) in [4.78, 5) is 11.1. The van der Waals surface area contributed by atoms with E-state index in [0.29, 0.717) is 5.56 Å². The predicted octanol–water partition coefficient (Wildman–Crippen LogP) is 2.70. The fraction of sp³-hybridized carbons (Fsp3) is 0.462. The number of hydrogen-bond donors (Lipinski definition) is 1. The van der Waals surface area contributed by atoms with E-state index in [2.05, 4.69) is 0 Å². The molecule has 16 heavy (non-hydrogen) atoms. The lowest BCUT2D eigenvalue weighted by Gasteiger charge is -2.32. The van der Waals surface area contributed by atoms with Gasteiger partial charge in [-0.1, -0.05) is 32.0 Å². The first-order valence-electron chi connectivity index (χ1n) is 5.27. The maximum absolute atomic E-state index is 11.1. The van der Waals surface area contributed by atoms with Crippen LogP contribution in [0.4, 0.5) is 0 Å². The number of aromatic carboxylic acids is 1. The molecule has 1 N–H and O–H groups in total. The molecular weight excluding hydrogens is 204 g/mol. The van der Waals surface area contributed by atoms with Crippen LogP contribution in [-0.2, 0) is 10.2 Å². The van der Waals surface area contributed by atoms with E-state index < -0.39 is 5.97 Å². The van der Waals surface area contributed by atoms with E-state index in [1.54, 1.807) is 19.2 Å². The first-order valence-corrected chi connectivity index (χ1v) is 5.27. The zero-order chi connectivity index (χ0) is 12.3. The maximum Gasteiger partial charge on any atom is 0.335 e. The van der Waals surface area contributed by atoms with Crippen molar-refractivity contribution in [3.8, 4) is 0 Å². The van der Waals surface area contributed by atoms with Crippen molar-refractivity contribution in [2.45, 2.75) is 32.3 Å². The van der Waals surface area contributed by atoms with Gasteiger partial charge in [0.15, 0.2) is 0 Å². The van der Waals surface area contributed by atoms with Gasteiger partial charge in [0, 0.05) is 12.5 Å². The Morgan fingerprint density at radius 1 is 1.38 bits per heavy atom. The summed E-state index contributed by atoms with van der Waals surface area (Å²) < 4.78 is 5.31. The molecule has 88 valence electrons. The average Bonchev–Trinajstić information content (AvgIpc) is 2.27. The first-order chi connectivity index (χ1) is 7.41. The second-order valence-corrected chi connectivity index (χ2v) is 4.45. The van der Waals surface area contributed by atoms with Crippen molar-refractivity contribution >= 4 is 5.97 Å². The van der Waals surface area contributed by atoms with Gasteiger partial charge in [-0.3, -0.25) is 0 Å². The molecule has 1 atom stereocenters. The molecule has 0 bridgehead atoms. The molecule has 0 heterocycles. The number of benzene rings is 1. The van der Waals surface area contributed by atoms with E-state index >= 15 is 0 Å². The molecule has 0 amide bonds. The zero-order valence-electron chi connectivity index (χ0n) is 10.2. The Morgan fingerprint density at radius 3 is 2.44 bits per heavy atom. The highest BCUT2D eigenvalue weighted by Gasteiger charge is 2.31. The summed E-state index contributed by atoms with van der Waals surface area (Å²) in [6, 6.07) is 7.06. The summed E-state index contributed by atoms with van der Waals surface area (Å²) in [5, 5.41) is 9.14. The minimum Gasteiger partial charge on any atom is -0.478 e. The van der Waals surface area contributed by atoms with Crippen LogP contribution >= 0.6 is 0 Å². The van der Waals surface area contributed by atoms with E-state index in [1.807, 2.05) is 32.9 Å². The Morgan fingerprint density at radius 2 is 1.94 bits per heavy atom. The summed E-state index contributed by atoms with van der Waals surface area (Å²) in [5.74, 6) is -0.896. The molecule has 0 fully saturated rings. The number of carboxylic acid groups (broad SMARTS) is 1. The van der Waals surface area contributed by atoms with Gasteiger partial charge in [0.1, 0.15) is 0 Å². The molecule has 0 saturated heterocycles. The molecule has 1 rings (SSSR count). The van der Waals surface area contributed by atoms with E-state index in [0.717, 1.165) is 5.56 Å². The van der Waals surface area contributed by atoms with E-state index in [-0.39, 0.29) is 11.5 Å². The molecule has 0 aromatic heterocycles. The van der Waals surface area contributed by atoms with Crippen molar-refractivity contribution < 1.29 is 14.6 Å². The maximum atomic E-state index is 11.1. The first kappa shape index (κ1) is 12.7. The van der Waals surface area contributed by atoms with Gasteiger partial charge in [-0.15, -0.1) is 0 Å². The van der Waals surface area contributed by atoms with Crippen LogP contribution in [0, 0.1) is 0 Å². The lowest BCUT2D eigenvalue weighted by molar-refractivity contribution is 0.0580. The largest absolute Gasteiger partial charge is 0.478 e. The Bertz CT molecular complexity index is 383. The molecule has 0 saturated carbocycles. The summed E-state index contributed by atoms with van der Waals surface area (Å²) in [6.45, 7) is 5.92. The van der Waals surface area contributed by atoms with Crippen molar-refractivity contribution in [2.75, 3.05) is 7.11 Å². The van der Waals surface area contributed by atoms with Crippen LogP contribution in [0.25, 0.3) is 0 Å². The lowest BCUT2D eigenvalue weighted by atomic mass is 9.77. The minimum atomic E-state index is -0.896. The van der Waals surface area contributed by atoms with Crippen molar-refractivity contribution in [3.05, 3.63) is 35.4 Å². The molecule has 1 aromatic rings. The normalized spacial score (nSPS) is 13.5. The van der Waals surface area contributed by atoms with Gasteiger partial charge in [-0.25, -0.2) is 4.79 Å². The Labute approximate surface area is 96.1 Å². The second kappa shape index (κ2) is 4.66. The van der Waals surface area contributed by atoms with Crippen molar-refractivity contribution in [3.63, 3.8) is 0 Å². The number of methoxy groups -OCH3 is 1. The molecule has 1 aromatic carbocycles. The zero-order valence-corrected chi connectivity index (χ0v) is 10.2. The summed E-state index contributed by atoms with van der Waals surface area (Å²) in [7, 11) is 1.63. The molecule has 0 radical (unpaired) electrons. The Hall–Kier alpha value is -1.35. The third-order valence-electron chi connectivity index (χ3n) is 3.22. The fourth-order valence-electron chi connectivity index (χ4n) is 1.75. The summed E-state index contributed by atoms with van der Waals surface area (Å²) >= 11 is 0. The monoisotopic (exact) mass is 222 g/mol. The lowest BCUT2D eigenvalue weighted by Crippen LogP contribution is -2.34. The molecule has 3 nitrogen and oxygen atoms in total. The molecule has 3 heteroatoms. The van der Waals surface area contributed by atoms with Gasteiger partial charge in [-0.2, -0.15) is 0 Å². The number of carboxylic acids is 1. The average molecular weight is 222 g/mol. The Balaban J connectivity index is 3.26. The smallest absolute Gasteiger partial charge is 0.335 e. The third kappa shape index (κ3) is 2.25. The van der Waals surface area contributed by atoms with E-state index in [9.17, 15) is 4.79 Å². The topological polar surface area (TPSA) is 46.5 Å². The van der Waals surface area contributed by atoms with Crippen LogP contribution in [0.3, 0.4) is 0 Å². The van der Waals surface area contributed by atoms with E-state index in [1.165, 1.54) is 0 Å². The summed E-state index contributed by atoms with van der Waals surface area (Å²) in [6.07, 6.45) is -0.0481. The predicted molar refractivity (Wildman–Crippen MR) is 62.9 cm³/mol. The van der Waals surface area contributed by atoms with Crippen LogP contribution in [0.15, 0.2) is 24.3 Å². The molecule has 0 aliphatic heterocycles. The SMILES string of the molecule is COC(C)C(C)(C)c1ccccc1C(=O)O. The third-order valence-corrected chi connectivity index (χ3v) is 3.22. The van der Waals surface area contributed by atoms with Crippen LogP contribution in [-0.4, -0.2) is 24.3 Å². The van der Waals surface area contributed by atoms with Crippen LogP contribution in [0.1, 0.15) is 36.7 Å². The number of hydrogen-bond acceptors (Lipinski definition) is 2. The quantitative estimate of drug-likeness (QED) is 0.852. The molecular formula is C13H18O3. The number of carbonyl (C=O) groups is 1. The summed E-state index contributed by atoms with van der Waals surface area (Å²) in [5.41, 5.74) is 0.817. The molecule has 1 unspecified atom stereocenters. The van der Waals surface area contributed by atoms with Crippen LogP contribution < -0.4 is 0 Å². The van der Waals surface area contributed by atoms with Crippen LogP contribution in [0.2, 0.25) is 0 Å². The van der Waals surface area contributed by atoms with E-state index in [4.69, 9.17) is 9.84 Å². The second-order valence-electron chi connectivity index (χ2n) is 4.45. The van der Waals surface area contributed by atoms with Crippen molar-refractivity contribution in [1.29, 1.82) is 0 Å². The fourth-order valence-corrected chi connectivity index (χ4v) is 1.75. The van der Waals surface area contributed by atoms with Gasteiger partial charge in [0.05, 0.1) is 11.7 Å². The van der Waals surface area contributed by atoms with Gasteiger partial charge in [0.25, 0.3) is 0 Å². The number of rotatable bonds is 4. The molecule has 0 aliphatic rings. The number of ether oxygens (including phenoxy) is 1. The highest BCUT2D eigenvalue weighted by atomic mass is 16.5. The van der Waals surface area contributed by atoms with Crippen LogP contribution in [0.5, 0.6) is 0 Å². The van der Waals surface area contributed by atoms with Gasteiger partial charge < -0.3 is 9.84 Å². The van der Waals surface area contributed by atoms with Crippen molar-refractivity contribution in [1.82, 2.24) is 0 Å².